The number of aldehydes is 1. The molecule has 90 valence electrons. The van der Waals surface area contributed by atoms with Crippen LogP contribution in [0.2, 0.25) is 0 Å². The van der Waals surface area contributed by atoms with Crippen LogP contribution in [0.25, 0.3) is 0 Å². The molecule has 0 saturated carbocycles. The third kappa shape index (κ3) is 2.68. The zero-order valence-corrected chi connectivity index (χ0v) is 9.50. The Morgan fingerprint density at radius 3 is 2.88 bits per heavy atom. The van der Waals surface area contributed by atoms with E-state index in [4.69, 9.17) is 4.74 Å². The molecule has 5 heteroatoms. The number of methoxy groups -OCH3 is 1. The highest BCUT2D eigenvalue weighted by molar-refractivity contribution is 5.87. The maximum Gasteiger partial charge on any atom is 0.255 e. The predicted octanol–water partition coefficient (Wildman–Crippen LogP) is -0.0567. The minimum absolute atomic E-state index is 0.136. The van der Waals surface area contributed by atoms with Crippen LogP contribution < -0.4 is 0 Å². The van der Waals surface area contributed by atoms with Crippen LogP contribution in [0.3, 0.4) is 0 Å². The van der Waals surface area contributed by atoms with Crippen LogP contribution in [0.15, 0.2) is 12.2 Å². The molecule has 5 nitrogen and oxygen atoms in total. The van der Waals surface area contributed by atoms with Gasteiger partial charge in [-0.1, -0.05) is 13.0 Å². The highest BCUT2D eigenvalue weighted by Crippen LogP contribution is 2.26. The van der Waals surface area contributed by atoms with Gasteiger partial charge in [0.25, 0.3) is 5.91 Å². The molecule has 3 atom stereocenters. The number of allylic oxidation sites excluding steroid dienone is 2. The Bertz CT molecular complexity index is 290. The molecule has 0 radical (unpaired) electrons. The van der Waals surface area contributed by atoms with Crippen molar-refractivity contribution in [1.29, 1.82) is 0 Å². The van der Waals surface area contributed by atoms with Crippen LogP contribution in [0.4, 0.5) is 0 Å². The third-order valence-electron chi connectivity index (χ3n) is 2.70. The van der Waals surface area contributed by atoms with Crippen molar-refractivity contribution in [2.45, 2.75) is 25.5 Å². The van der Waals surface area contributed by atoms with Gasteiger partial charge < -0.3 is 14.7 Å². The first-order valence-electron chi connectivity index (χ1n) is 5.21. The van der Waals surface area contributed by atoms with Gasteiger partial charge in [-0.25, -0.2) is 0 Å². The summed E-state index contributed by atoms with van der Waals surface area (Å²) in [4.78, 5) is 22.9. The van der Waals surface area contributed by atoms with E-state index >= 15 is 0 Å². The second kappa shape index (κ2) is 5.77. The number of hydrogen-bond acceptors (Lipinski definition) is 4. The van der Waals surface area contributed by atoms with E-state index in [1.807, 2.05) is 6.92 Å². The van der Waals surface area contributed by atoms with Crippen LogP contribution in [-0.2, 0) is 14.3 Å². The van der Waals surface area contributed by atoms with Gasteiger partial charge in [-0.2, -0.15) is 0 Å². The van der Waals surface area contributed by atoms with Crippen molar-refractivity contribution in [1.82, 2.24) is 4.90 Å². The summed E-state index contributed by atoms with van der Waals surface area (Å²) >= 11 is 0. The summed E-state index contributed by atoms with van der Waals surface area (Å²) in [5.74, 6) is -0.157. The number of aliphatic hydroxyl groups is 1. The summed E-state index contributed by atoms with van der Waals surface area (Å²) < 4.78 is 4.88. The molecule has 0 bridgehead atoms. The topological polar surface area (TPSA) is 66.8 Å². The average Bonchev–Trinajstić information content (AvgIpc) is 2.30. The van der Waals surface area contributed by atoms with Gasteiger partial charge in [0.2, 0.25) is 0 Å². The maximum atomic E-state index is 11.3. The van der Waals surface area contributed by atoms with Crippen molar-refractivity contribution in [2.75, 3.05) is 13.8 Å². The second-order valence-electron chi connectivity index (χ2n) is 3.97. The minimum Gasteiger partial charge on any atom is -0.381 e. The van der Waals surface area contributed by atoms with E-state index in [1.54, 1.807) is 6.08 Å². The van der Waals surface area contributed by atoms with E-state index in [1.165, 1.54) is 18.1 Å². The van der Waals surface area contributed by atoms with Crippen LogP contribution in [0, 0.1) is 5.92 Å². The number of nitrogens with zero attached hydrogens (tertiary/aromatic N) is 1. The van der Waals surface area contributed by atoms with Gasteiger partial charge in [0.15, 0.2) is 6.10 Å². The number of carbonyl (C=O) groups is 2. The smallest absolute Gasteiger partial charge is 0.255 e. The van der Waals surface area contributed by atoms with E-state index < -0.39 is 6.10 Å². The standard InChI is InChI=1S/C11H17NO4/c1-8(4-3-5-13)6-9-10(14)11(15)12(9)7-16-2/h3-5,8-10,14H,6-7H2,1-2H3/b4-3-. The Morgan fingerprint density at radius 2 is 2.31 bits per heavy atom. The van der Waals surface area contributed by atoms with Gasteiger partial charge in [0.05, 0.1) is 6.04 Å². The first kappa shape index (κ1) is 12.9. The van der Waals surface area contributed by atoms with E-state index in [-0.39, 0.29) is 24.6 Å². The fourth-order valence-electron chi connectivity index (χ4n) is 1.84. The molecule has 0 aliphatic carbocycles. The third-order valence-corrected chi connectivity index (χ3v) is 2.70. The first-order valence-corrected chi connectivity index (χ1v) is 5.21. The van der Waals surface area contributed by atoms with Crippen LogP contribution in [-0.4, -0.2) is 48.2 Å². The fraction of sp³-hybridized carbons (Fsp3) is 0.636. The molecule has 0 aromatic heterocycles. The van der Waals surface area contributed by atoms with Gasteiger partial charge in [-0.15, -0.1) is 0 Å². The maximum absolute atomic E-state index is 11.3. The molecule has 0 spiro atoms. The Morgan fingerprint density at radius 1 is 1.62 bits per heavy atom. The Balaban J connectivity index is 2.49. The monoisotopic (exact) mass is 227 g/mol. The summed E-state index contributed by atoms with van der Waals surface area (Å²) in [6.45, 7) is 2.13. The second-order valence-corrected chi connectivity index (χ2v) is 3.97. The molecule has 16 heavy (non-hydrogen) atoms. The zero-order chi connectivity index (χ0) is 12.1. The van der Waals surface area contributed by atoms with E-state index in [0.29, 0.717) is 12.7 Å². The zero-order valence-electron chi connectivity index (χ0n) is 9.50. The highest BCUT2D eigenvalue weighted by atomic mass is 16.5. The summed E-state index contributed by atoms with van der Waals surface area (Å²) in [6, 6.07) is -0.209. The number of β-lactam (4-membered cyclic amide) rings is 1. The van der Waals surface area contributed by atoms with Crippen molar-refractivity contribution in [2.24, 2.45) is 5.92 Å². The van der Waals surface area contributed by atoms with Crippen molar-refractivity contribution < 1.29 is 19.4 Å². The average molecular weight is 227 g/mol. The number of aliphatic hydroxyl groups excluding tert-OH is 1. The number of ether oxygens (including phenoxy) is 1. The molecule has 1 amide bonds. The van der Waals surface area contributed by atoms with Crippen LogP contribution in [0.5, 0.6) is 0 Å². The van der Waals surface area contributed by atoms with Crippen molar-refractivity contribution in [3.8, 4) is 0 Å². The van der Waals surface area contributed by atoms with Crippen LogP contribution in [0.1, 0.15) is 13.3 Å². The number of likely N-dealkylation sites (tertiary alicyclic amines) is 1. The lowest BCUT2D eigenvalue weighted by atomic mass is 9.89. The Labute approximate surface area is 94.7 Å². The van der Waals surface area contributed by atoms with E-state index in [9.17, 15) is 14.7 Å². The largest absolute Gasteiger partial charge is 0.381 e. The number of rotatable bonds is 6. The predicted molar refractivity (Wildman–Crippen MR) is 57.5 cm³/mol. The molecule has 1 aliphatic heterocycles. The molecule has 3 unspecified atom stereocenters. The molecule has 1 fully saturated rings. The van der Waals surface area contributed by atoms with Gasteiger partial charge in [0.1, 0.15) is 13.0 Å². The highest BCUT2D eigenvalue weighted by Gasteiger charge is 2.46. The van der Waals surface area contributed by atoms with Gasteiger partial charge in [-0.05, 0) is 18.4 Å². The van der Waals surface area contributed by atoms with Crippen molar-refractivity contribution >= 4 is 12.2 Å². The van der Waals surface area contributed by atoms with Gasteiger partial charge in [-0.3, -0.25) is 9.59 Å². The lowest BCUT2D eigenvalue weighted by molar-refractivity contribution is -0.177. The molecule has 1 rings (SSSR count). The van der Waals surface area contributed by atoms with Gasteiger partial charge in [0, 0.05) is 7.11 Å². The van der Waals surface area contributed by atoms with Crippen molar-refractivity contribution in [3.05, 3.63) is 12.2 Å². The lowest BCUT2D eigenvalue weighted by Crippen LogP contribution is -2.65. The summed E-state index contributed by atoms with van der Waals surface area (Å²) in [5.41, 5.74) is 0. The summed E-state index contributed by atoms with van der Waals surface area (Å²) in [7, 11) is 1.50. The molecule has 0 aromatic rings. The molecular formula is C11H17NO4. The minimum atomic E-state index is -0.928. The molecule has 1 N–H and O–H groups in total. The summed E-state index contributed by atoms with van der Waals surface area (Å²) in [6.07, 6.45) is 3.60. The SMILES string of the molecule is COCN1C(=O)C(O)C1CC(C)/C=C\C=O. The normalized spacial score (nSPS) is 26.9. The number of hydrogen-bond donors (Lipinski definition) is 1. The number of amides is 1. The molecule has 1 heterocycles. The van der Waals surface area contributed by atoms with E-state index in [2.05, 4.69) is 0 Å². The number of carbonyl (C=O) groups excluding carboxylic acids is 2. The molecule has 1 saturated heterocycles. The molecule has 0 aromatic carbocycles. The molecular weight excluding hydrogens is 210 g/mol. The Hall–Kier alpha value is -1.20. The molecule has 1 aliphatic rings. The summed E-state index contributed by atoms with van der Waals surface area (Å²) in [5, 5.41) is 9.51. The lowest BCUT2D eigenvalue weighted by Gasteiger charge is -2.44. The van der Waals surface area contributed by atoms with Crippen molar-refractivity contribution in [3.63, 3.8) is 0 Å². The van der Waals surface area contributed by atoms with E-state index in [0.717, 1.165) is 0 Å². The first-order chi connectivity index (χ1) is 7.61. The van der Waals surface area contributed by atoms with Crippen LogP contribution >= 0.6 is 0 Å². The quantitative estimate of drug-likeness (QED) is 0.392. The fourth-order valence-corrected chi connectivity index (χ4v) is 1.84. The van der Waals surface area contributed by atoms with Gasteiger partial charge >= 0.3 is 0 Å². The Kier molecular flexibility index (Phi) is 4.64.